The molecule has 0 unspecified atom stereocenters. The second kappa shape index (κ2) is 5.25. The number of nitrogens with zero attached hydrogens (tertiary/aromatic N) is 1. The van der Waals surface area contributed by atoms with Gasteiger partial charge in [-0.25, -0.2) is 4.98 Å². The summed E-state index contributed by atoms with van der Waals surface area (Å²) in [5.74, 6) is 0.754. The fraction of sp³-hybridized carbons (Fsp3) is 0.0833. The molecule has 0 aliphatic carbocycles. The number of benzene rings is 1. The Hall–Kier alpha value is -0.770. The fourth-order valence-corrected chi connectivity index (χ4v) is 2.13. The first-order chi connectivity index (χ1) is 8.04. The molecule has 88 valence electrons. The molecule has 2 nitrogen and oxygen atoms in total. The summed E-state index contributed by atoms with van der Waals surface area (Å²) in [4.78, 5) is 4.38. The van der Waals surface area contributed by atoms with E-state index >= 15 is 0 Å². The van der Waals surface area contributed by atoms with E-state index in [-0.39, 0.29) is 0 Å². The standard InChI is InChI=1S/C12H9BrCl2N2/c1-7-11(13)2-3-12(16-7)17-10-5-8(14)4-9(15)6-10/h2-6H,1H3,(H,16,17). The Morgan fingerprint density at radius 3 is 2.35 bits per heavy atom. The summed E-state index contributed by atoms with van der Waals surface area (Å²) < 4.78 is 0.979. The van der Waals surface area contributed by atoms with E-state index in [4.69, 9.17) is 23.2 Å². The van der Waals surface area contributed by atoms with E-state index in [1.54, 1.807) is 18.2 Å². The molecular formula is C12H9BrCl2N2. The van der Waals surface area contributed by atoms with Crippen LogP contribution in [0.5, 0.6) is 0 Å². The van der Waals surface area contributed by atoms with Crippen LogP contribution in [0.1, 0.15) is 5.69 Å². The first-order valence-electron chi connectivity index (χ1n) is 4.91. The number of aryl methyl sites for hydroxylation is 1. The average Bonchev–Trinajstić information content (AvgIpc) is 2.22. The molecule has 0 saturated carbocycles. The highest BCUT2D eigenvalue weighted by molar-refractivity contribution is 9.10. The van der Waals surface area contributed by atoms with E-state index in [2.05, 4.69) is 26.2 Å². The van der Waals surface area contributed by atoms with Gasteiger partial charge in [0.1, 0.15) is 5.82 Å². The summed E-state index contributed by atoms with van der Waals surface area (Å²) in [5.41, 5.74) is 1.74. The number of aromatic nitrogens is 1. The lowest BCUT2D eigenvalue weighted by atomic mass is 10.3. The van der Waals surface area contributed by atoms with Gasteiger partial charge in [-0.3, -0.25) is 0 Å². The van der Waals surface area contributed by atoms with E-state index in [1.165, 1.54) is 0 Å². The highest BCUT2D eigenvalue weighted by atomic mass is 79.9. The third kappa shape index (κ3) is 3.35. The van der Waals surface area contributed by atoms with Crippen molar-refractivity contribution in [2.45, 2.75) is 6.92 Å². The normalized spacial score (nSPS) is 10.4. The summed E-state index contributed by atoms with van der Waals surface area (Å²) in [7, 11) is 0. The van der Waals surface area contributed by atoms with Crippen molar-refractivity contribution in [2.24, 2.45) is 0 Å². The predicted octanol–water partition coefficient (Wildman–Crippen LogP) is 5.20. The van der Waals surface area contributed by atoms with Crippen molar-refractivity contribution < 1.29 is 0 Å². The number of halogens is 3. The van der Waals surface area contributed by atoms with Gasteiger partial charge in [-0.15, -0.1) is 0 Å². The molecule has 0 fully saturated rings. The number of hydrogen-bond acceptors (Lipinski definition) is 2. The molecule has 1 heterocycles. The summed E-state index contributed by atoms with van der Waals surface area (Å²) in [6, 6.07) is 9.11. The summed E-state index contributed by atoms with van der Waals surface area (Å²) >= 11 is 15.2. The van der Waals surface area contributed by atoms with Gasteiger partial charge in [-0.2, -0.15) is 0 Å². The van der Waals surface area contributed by atoms with Gasteiger partial charge in [0.25, 0.3) is 0 Å². The lowest BCUT2D eigenvalue weighted by Gasteiger charge is -2.08. The Bertz CT molecular complexity index is 538. The minimum Gasteiger partial charge on any atom is -0.340 e. The molecule has 2 rings (SSSR count). The predicted molar refractivity (Wildman–Crippen MR) is 76.4 cm³/mol. The van der Waals surface area contributed by atoms with E-state index < -0.39 is 0 Å². The van der Waals surface area contributed by atoms with Gasteiger partial charge in [0.05, 0.1) is 5.69 Å². The van der Waals surface area contributed by atoms with Crippen LogP contribution in [-0.2, 0) is 0 Å². The van der Waals surface area contributed by atoms with Crippen molar-refractivity contribution in [3.63, 3.8) is 0 Å². The number of hydrogen-bond donors (Lipinski definition) is 1. The Morgan fingerprint density at radius 2 is 1.76 bits per heavy atom. The molecule has 1 aromatic carbocycles. The first kappa shape index (κ1) is 12.7. The lowest BCUT2D eigenvalue weighted by Crippen LogP contribution is -1.95. The maximum Gasteiger partial charge on any atom is 0.130 e. The molecule has 5 heteroatoms. The number of pyridine rings is 1. The molecule has 0 radical (unpaired) electrons. The molecule has 1 aromatic heterocycles. The van der Waals surface area contributed by atoms with Crippen molar-refractivity contribution in [3.8, 4) is 0 Å². The first-order valence-corrected chi connectivity index (χ1v) is 6.46. The zero-order valence-corrected chi connectivity index (χ0v) is 12.1. The van der Waals surface area contributed by atoms with E-state index in [9.17, 15) is 0 Å². The van der Waals surface area contributed by atoms with Gasteiger partial charge in [-0.05, 0) is 53.2 Å². The van der Waals surface area contributed by atoms with Crippen LogP contribution in [0.2, 0.25) is 10.0 Å². The van der Waals surface area contributed by atoms with Gasteiger partial charge >= 0.3 is 0 Å². The SMILES string of the molecule is Cc1nc(Nc2cc(Cl)cc(Cl)c2)ccc1Br. The molecule has 0 atom stereocenters. The van der Waals surface area contributed by atoms with Crippen LogP contribution < -0.4 is 5.32 Å². The summed E-state index contributed by atoms with van der Waals surface area (Å²) in [6.45, 7) is 1.93. The van der Waals surface area contributed by atoms with Gasteiger partial charge in [-0.1, -0.05) is 23.2 Å². The molecular weight excluding hydrogens is 323 g/mol. The van der Waals surface area contributed by atoms with Crippen LogP contribution >= 0.6 is 39.1 Å². The van der Waals surface area contributed by atoms with Crippen LogP contribution in [0, 0.1) is 6.92 Å². The molecule has 2 aromatic rings. The maximum atomic E-state index is 5.92. The summed E-state index contributed by atoms with van der Waals surface area (Å²) in [5, 5.41) is 4.34. The zero-order valence-electron chi connectivity index (χ0n) is 8.97. The van der Waals surface area contributed by atoms with Crippen LogP contribution in [0.25, 0.3) is 0 Å². The highest BCUT2D eigenvalue weighted by Gasteiger charge is 2.02. The van der Waals surface area contributed by atoms with Gasteiger partial charge in [0.2, 0.25) is 0 Å². The number of nitrogens with one attached hydrogen (secondary N) is 1. The Kier molecular flexibility index (Phi) is 3.92. The minimum atomic E-state index is 0.592. The van der Waals surface area contributed by atoms with Crippen LogP contribution in [0.3, 0.4) is 0 Å². The van der Waals surface area contributed by atoms with Gasteiger partial charge in [0.15, 0.2) is 0 Å². The second-order valence-electron chi connectivity index (χ2n) is 3.55. The van der Waals surface area contributed by atoms with Crippen molar-refractivity contribution >= 4 is 50.6 Å². The number of anilines is 2. The number of rotatable bonds is 2. The highest BCUT2D eigenvalue weighted by Crippen LogP contribution is 2.25. The van der Waals surface area contributed by atoms with E-state index in [0.717, 1.165) is 21.7 Å². The topological polar surface area (TPSA) is 24.9 Å². The largest absolute Gasteiger partial charge is 0.340 e. The molecule has 0 spiro atoms. The van der Waals surface area contributed by atoms with Crippen LogP contribution in [0.4, 0.5) is 11.5 Å². The van der Waals surface area contributed by atoms with E-state index in [0.29, 0.717) is 10.0 Å². The Labute approximate surface area is 118 Å². The monoisotopic (exact) mass is 330 g/mol. The van der Waals surface area contributed by atoms with Gasteiger partial charge in [0, 0.05) is 20.2 Å². The van der Waals surface area contributed by atoms with Crippen molar-refractivity contribution in [1.82, 2.24) is 4.98 Å². The lowest BCUT2D eigenvalue weighted by molar-refractivity contribution is 1.18. The Balaban J connectivity index is 2.28. The molecule has 0 bridgehead atoms. The third-order valence-electron chi connectivity index (χ3n) is 2.16. The summed E-state index contributed by atoms with van der Waals surface area (Å²) in [6.07, 6.45) is 0. The second-order valence-corrected chi connectivity index (χ2v) is 5.27. The van der Waals surface area contributed by atoms with Gasteiger partial charge < -0.3 is 5.32 Å². The smallest absolute Gasteiger partial charge is 0.130 e. The molecule has 0 aliphatic heterocycles. The quantitative estimate of drug-likeness (QED) is 0.817. The van der Waals surface area contributed by atoms with Crippen LogP contribution in [-0.4, -0.2) is 4.98 Å². The zero-order chi connectivity index (χ0) is 12.4. The molecule has 0 saturated heterocycles. The third-order valence-corrected chi connectivity index (χ3v) is 3.43. The maximum absolute atomic E-state index is 5.92. The molecule has 0 aliphatic rings. The minimum absolute atomic E-state index is 0.592. The van der Waals surface area contributed by atoms with Crippen molar-refractivity contribution in [1.29, 1.82) is 0 Å². The molecule has 17 heavy (non-hydrogen) atoms. The van der Waals surface area contributed by atoms with E-state index in [1.807, 2.05) is 19.1 Å². The average molecular weight is 332 g/mol. The van der Waals surface area contributed by atoms with Crippen molar-refractivity contribution in [3.05, 3.63) is 50.5 Å². The van der Waals surface area contributed by atoms with Crippen molar-refractivity contribution in [2.75, 3.05) is 5.32 Å². The molecule has 1 N–H and O–H groups in total. The Morgan fingerprint density at radius 1 is 1.12 bits per heavy atom. The van der Waals surface area contributed by atoms with Crippen LogP contribution in [0.15, 0.2) is 34.8 Å². The molecule has 0 amide bonds. The fourth-order valence-electron chi connectivity index (χ4n) is 1.39.